The maximum Gasteiger partial charge on any atom is 0.148 e. The molecule has 0 unspecified atom stereocenters. The number of hydrogen-bond acceptors (Lipinski definition) is 5. The summed E-state index contributed by atoms with van der Waals surface area (Å²) in [5.41, 5.74) is 2.51. The fraction of sp³-hybridized carbons (Fsp3) is 0.571. The molecule has 1 aromatic rings. The number of nitrogens with zero attached hydrogens (tertiary/aromatic N) is 2. The Balaban J connectivity index is 1.84. The molecule has 1 aliphatic rings. The van der Waals surface area contributed by atoms with Crippen LogP contribution in [-0.2, 0) is 9.84 Å². The Hall–Kier alpha value is -1.27. The van der Waals surface area contributed by atoms with Gasteiger partial charge in [-0.05, 0) is 12.1 Å². The van der Waals surface area contributed by atoms with Crippen molar-refractivity contribution in [1.29, 1.82) is 0 Å². The second-order valence-electron chi connectivity index (χ2n) is 5.28. The molecule has 20 heavy (non-hydrogen) atoms. The molecule has 0 saturated heterocycles. The molecule has 0 bridgehead atoms. The number of likely N-dealkylation sites (N-methyl/N-ethyl adjacent to an activating group) is 1. The first kappa shape index (κ1) is 15.1. The van der Waals surface area contributed by atoms with Gasteiger partial charge in [-0.3, -0.25) is 0 Å². The molecule has 0 aromatic heterocycles. The van der Waals surface area contributed by atoms with E-state index in [1.807, 2.05) is 0 Å². The fourth-order valence-electron chi connectivity index (χ4n) is 2.39. The van der Waals surface area contributed by atoms with Crippen molar-refractivity contribution in [3.8, 4) is 0 Å². The van der Waals surface area contributed by atoms with Gasteiger partial charge in [0.1, 0.15) is 9.84 Å². The van der Waals surface area contributed by atoms with Crippen LogP contribution in [0.5, 0.6) is 0 Å². The van der Waals surface area contributed by atoms with Crippen molar-refractivity contribution in [2.24, 2.45) is 0 Å². The van der Waals surface area contributed by atoms with E-state index in [9.17, 15) is 8.42 Å². The molecule has 2 rings (SSSR count). The molecule has 1 N–H and O–H groups in total. The molecule has 112 valence electrons. The molecule has 0 radical (unpaired) electrons. The Morgan fingerprint density at radius 3 is 2.55 bits per heavy atom. The van der Waals surface area contributed by atoms with E-state index in [1.165, 1.54) is 17.6 Å². The van der Waals surface area contributed by atoms with Crippen molar-refractivity contribution in [3.63, 3.8) is 0 Å². The zero-order chi connectivity index (χ0) is 14.6. The summed E-state index contributed by atoms with van der Waals surface area (Å²) < 4.78 is 22.1. The summed E-state index contributed by atoms with van der Waals surface area (Å²) in [5, 5.41) is 3.20. The summed E-state index contributed by atoms with van der Waals surface area (Å²) in [4.78, 5) is 4.62. The van der Waals surface area contributed by atoms with Crippen molar-refractivity contribution in [1.82, 2.24) is 5.32 Å². The lowest BCUT2D eigenvalue weighted by molar-refractivity contribution is 0.595. The monoisotopic (exact) mass is 297 g/mol. The lowest BCUT2D eigenvalue weighted by atomic mass is 10.2. The van der Waals surface area contributed by atoms with Gasteiger partial charge in [0.15, 0.2) is 0 Å². The van der Waals surface area contributed by atoms with Crippen LogP contribution in [0.25, 0.3) is 0 Å². The molecule has 0 spiro atoms. The van der Waals surface area contributed by atoms with E-state index in [4.69, 9.17) is 0 Å². The van der Waals surface area contributed by atoms with E-state index in [0.29, 0.717) is 6.54 Å². The molecule has 1 heterocycles. The minimum atomic E-state index is -2.87. The summed E-state index contributed by atoms with van der Waals surface area (Å²) in [5.74, 6) is 0.201. The van der Waals surface area contributed by atoms with Gasteiger partial charge in [0.05, 0.1) is 17.1 Å². The smallest absolute Gasteiger partial charge is 0.148 e. The highest BCUT2D eigenvalue weighted by atomic mass is 32.2. The molecule has 0 fully saturated rings. The molecule has 1 aliphatic heterocycles. The minimum absolute atomic E-state index is 0.201. The fourth-order valence-corrected chi connectivity index (χ4v) is 2.91. The second-order valence-corrected chi connectivity index (χ2v) is 7.54. The molecule has 5 nitrogen and oxygen atoms in total. The van der Waals surface area contributed by atoms with Gasteiger partial charge in [-0.1, -0.05) is 12.1 Å². The maximum absolute atomic E-state index is 11.0. The Labute approximate surface area is 121 Å². The molecule has 0 saturated carbocycles. The Morgan fingerprint density at radius 1 is 1.15 bits per heavy atom. The van der Waals surface area contributed by atoms with Gasteiger partial charge in [-0.25, -0.2) is 8.42 Å². The van der Waals surface area contributed by atoms with Crippen molar-refractivity contribution >= 4 is 21.2 Å². The van der Waals surface area contributed by atoms with Crippen LogP contribution in [0.15, 0.2) is 24.3 Å². The predicted octanol–water partition coefficient (Wildman–Crippen LogP) is 0.577. The van der Waals surface area contributed by atoms with Gasteiger partial charge in [-0.15, -0.1) is 0 Å². The summed E-state index contributed by atoms with van der Waals surface area (Å²) in [6.07, 6.45) is 1.27. The SMILES string of the molecule is CN1CCN(CCNCCS(C)(=O)=O)c2ccccc21. The lowest BCUT2D eigenvalue weighted by Gasteiger charge is -2.37. The van der Waals surface area contributed by atoms with Gasteiger partial charge >= 0.3 is 0 Å². The topological polar surface area (TPSA) is 52.6 Å². The third kappa shape index (κ3) is 4.11. The van der Waals surface area contributed by atoms with Crippen LogP contribution in [0.2, 0.25) is 0 Å². The van der Waals surface area contributed by atoms with Gasteiger partial charge in [0.25, 0.3) is 0 Å². The molecule has 0 amide bonds. The number of nitrogens with one attached hydrogen (secondary N) is 1. The average Bonchev–Trinajstić information content (AvgIpc) is 2.40. The predicted molar refractivity (Wildman–Crippen MR) is 84.5 cm³/mol. The van der Waals surface area contributed by atoms with Crippen molar-refractivity contribution in [2.75, 3.05) is 61.6 Å². The van der Waals surface area contributed by atoms with Gasteiger partial charge in [0, 0.05) is 46.0 Å². The van der Waals surface area contributed by atoms with E-state index < -0.39 is 9.84 Å². The van der Waals surface area contributed by atoms with Crippen molar-refractivity contribution < 1.29 is 8.42 Å². The standard InChI is InChI=1S/C14H23N3O2S/c1-16-10-11-17(14-6-4-3-5-13(14)16)9-7-15-8-12-20(2,18)19/h3-6,15H,7-12H2,1-2H3. The summed E-state index contributed by atoms with van der Waals surface area (Å²) >= 11 is 0. The number of anilines is 2. The first-order chi connectivity index (χ1) is 9.47. The van der Waals surface area contributed by atoms with E-state index >= 15 is 0 Å². The summed E-state index contributed by atoms with van der Waals surface area (Å²) in [7, 11) is -0.757. The van der Waals surface area contributed by atoms with Crippen LogP contribution in [-0.4, -0.2) is 60.2 Å². The zero-order valence-corrected chi connectivity index (χ0v) is 13.0. The second kappa shape index (κ2) is 6.45. The van der Waals surface area contributed by atoms with Gasteiger partial charge < -0.3 is 15.1 Å². The van der Waals surface area contributed by atoms with Crippen molar-refractivity contribution in [3.05, 3.63) is 24.3 Å². The zero-order valence-electron chi connectivity index (χ0n) is 12.2. The van der Waals surface area contributed by atoms with E-state index in [-0.39, 0.29) is 5.75 Å². The number of rotatable bonds is 6. The van der Waals surface area contributed by atoms with Crippen LogP contribution >= 0.6 is 0 Å². The highest BCUT2D eigenvalue weighted by Gasteiger charge is 2.18. The number of para-hydroxylation sites is 2. The third-order valence-electron chi connectivity index (χ3n) is 3.55. The number of fused-ring (bicyclic) bond motifs is 1. The van der Waals surface area contributed by atoms with E-state index in [0.717, 1.165) is 26.2 Å². The van der Waals surface area contributed by atoms with Gasteiger partial charge in [0.2, 0.25) is 0 Å². The minimum Gasteiger partial charge on any atom is -0.371 e. The number of benzene rings is 1. The molecule has 0 aliphatic carbocycles. The highest BCUT2D eigenvalue weighted by molar-refractivity contribution is 7.90. The average molecular weight is 297 g/mol. The van der Waals surface area contributed by atoms with Crippen molar-refractivity contribution in [2.45, 2.75) is 0 Å². The van der Waals surface area contributed by atoms with Crippen LogP contribution in [0.3, 0.4) is 0 Å². The Bertz CT molecular complexity index is 545. The quantitative estimate of drug-likeness (QED) is 0.778. The Kier molecular flexibility index (Phi) is 4.88. The third-order valence-corrected chi connectivity index (χ3v) is 4.49. The number of sulfone groups is 1. The normalized spacial score (nSPS) is 15.3. The molecular formula is C14H23N3O2S. The highest BCUT2D eigenvalue weighted by Crippen LogP contribution is 2.31. The lowest BCUT2D eigenvalue weighted by Crippen LogP contribution is -2.42. The van der Waals surface area contributed by atoms with E-state index in [2.05, 4.69) is 46.4 Å². The first-order valence-electron chi connectivity index (χ1n) is 6.91. The Morgan fingerprint density at radius 2 is 1.85 bits per heavy atom. The molecule has 1 aromatic carbocycles. The number of hydrogen-bond donors (Lipinski definition) is 1. The van der Waals surface area contributed by atoms with Crippen LogP contribution < -0.4 is 15.1 Å². The summed E-state index contributed by atoms with van der Waals surface area (Å²) in [6, 6.07) is 8.39. The summed E-state index contributed by atoms with van der Waals surface area (Å²) in [6.45, 7) is 4.23. The van der Waals surface area contributed by atoms with Crippen LogP contribution in [0.4, 0.5) is 11.4 Å². The molecule has 6 heteroatoms. The van der Waals surface area contributed by atoms with Crippen LogP contribution in [0.1, 0.15) is 0 Å². The van der Waals surface area contributed by atoms with Crippen LogP contribution in [0, 0.1) is 0 Å². The first-order valence-corrected chi connectivity index (χ1v) is 8.97. The molecule has 0 atom stereocenters. The molecular weight excluding hydrogens is 274 g/mol. The maximum atomic E-state index is 11.0. The van der Waals surface area contributed by atoms with Gasteiger partial charge in [-0.2, -0.15) is 0 Å². The van der Waals surface area contributed by atoms with E-state index in [1.54, 1.807) is 0 Å². The largest absolute Gasteiger partial charge is 0.371 e.